The molecule has 0 saturated heterocycles. The summed E-state index contributed by atoms with van der Waals surface area (Å²) in [7, 11) is 1.25. The number of phenols is 1. The monoisotopic (exact) mass is 367 g/mol. The highest BCUT2D eigenvalue weighted by molar-refractivity contribution is 6.07. The Morgan fingerprint density at radius 1 is 1.26 bits per heavy atom. The van der Waals surface area contributed by atoms with E-state index in [9.17, 15) is 24.8 Å². The molecule has 1 N–H and O–H groups in total. The van der Waals surface area contributed by atoms with Gasteiger partial charge in [-0.1, -0.05) is 24.3 Å². The van der Waals surface area contributed by atoms with Gasteiger partial charge in [-0.25, -0.2) is 4.79 Å². The maximum atomic E-state index is 12.4. The molecular weight excluding hydrogens is 354 g/mol. The van der Waals surface area contributed by atoms with E-state index >= 15 is 0 Å². The highest BCUT2D eigenvalue weighted by Crippen LogP contribution is 2.37. The highest BCUT2D eigenvalue weighted by atomic mass is 16.6. The molecule has 8 nitrogen and oxygen atoms in total. The zero-order valence-corrected chi connectivity index (χ0v) is 14.0. The van der Waals surface area contributed by atoms with Crippen LogP contribution in [-0.2, 0) is 0 Å². The van der Waals surface area contributed by atoms with Crippen molar-refractivity contribution in [2.45, 2.75) is 0 Å². The van der Waals surface area contributed by atoms with Crippen LogP contribution in [0, 0.1) is 10.1 Å². The van der Waals surface area contributed by atoms with Crippen LogP contribution in [0.1, 0.15) is 15.9 Å². The maximum Gasteiger partial charge on any atom is 0.347 e. The first-order valence-electron chi connectivity index (χ1n) is 7.71. The molecule has 0 radical (unpaired) electrons. The summed E-state index contributed by atoms with van der Waals surface area (Å²) in [5, 5.41) is 21.4. The maximum absolute atomic E-state index is 12.4. The Balaban J connectivity index is 1.98. The molecule has 0 unspecified atom stereocenters. The quantitative estimate of drug-likeness (QED) is 0.241. The van der Waals surface area contributed by atoms with Crippen molar-refractivity contribution >= 4 is 28.5 Å². The minimum absolute atomic E-state index is 0.110. The average Bonchev–Trinajstić information content (AvgIpc) is 2.66. The van der Waals surface area contributed by atoms with Crippen LogP contribution >= 0.6 is 0 Å². The third-order valence-corrected chi connectivity index (χ3v) is 3.83. The summed E-state index contributed by atoms with van der Waals surface area (Å²) in [4.78, 5) is 34.6. The molecule has 0 amide bonds. The molecule has 0 fully saturated rings. The Hall–Kier alpha value is -3.94. The molecule has 1 aromatic heterocycles. The van der Waals surface area contributed by atoms with Crippen molar-refractivity contribution in [3.8, 4) is 11.5 Å². The number of fused-ring (bicyclic) bond motifs is 1. The number of benzene rings is 2. The molecule has 0 aliphatic heterocycles. The van der Waals surface area contributed by atoms with Crippen LogP contribution in [0.5, 0.6) is 11.5 Å². The molecule has 0 saturated carbocycles. The molecule has 3 rings (SSSR count). The molecule has 1 heterocycles. The normalized spacial score (nSPS) is 11.0. The van der Waals surface area contributed by atoms with Gasteiger partial charge in [0.05, 0.1) is 12.0 Å². The predicted octanol–water partition coefficient (Wildman–Crippen LogP) is 3.31. The van der Waals surface area contributed by atoms with Gasteiger partial charge in [0.25, 0.3) is 0 Å². The van der Waals surface area contributed by atoms with Crippen LogP contribution in [0.25, 0.3) is 17.0 Å². The van der Waals surface area contributed by atoms with Gasteiger partial charge >= 0.3 is 11.3 Å². The van der Waals surface area contributed by atoms with E-state index in [4.69, 9.17) is 9.15 Å². The Kier molecular flexibility index (Phi) is 4.71. The second kappa shape index (κ2) is 7.12. The SMILES string of the molecule is COc1cc(/C=C/C(=O)c2cc3ccccc3oc2=O)cc([N+](=O)[O-])c1O. The number of allylic oxidation sites excluding steroid dienone is 1. The third-order valence-electron chi connectivity index (χ3n) is 3.83. The second-order valence-corrected chi connectivity index (χ2v) is 5.53. The number of ketones is 1. The fourth-order valence-corrected chi connectivity index (χ4v) is 2.50. The summed E-state index contributed by atoms with van der Waals surface area (Å²) in [5.41, 5.74) is -0.897. The number of carbonyl (C=O) groups is 1. The van der Waals surface area contributed by atoms with E-state index in [1.54, 1.807) is 24.3 Å². The number of aromatic hydroxyl groups is 1. The van der Waals surface area contributed by atoms with Crippen molar-refractivity contribution in [2.75, 3.05) is 7.11 Å². The van der Waals surface area contributed by atoms with E-state index in [0.29, 0.717) is 11.0 Å². The topological polar surface area (TPSA) is 120 Å². The summed E-state index contributed by atoms with van der Waals surface area (Å²) in [5.74, 6) is -1.34. The third kappa shape index (κ3) is 3.54. The lowest BCUT2D eigenvalue weighted by Crippen LogP contribution is -2.11. The summed E-state index contributed by atoms with van der Waals surface area (Å²) in [6, 6.07) is 10.6. The lowest BCUT2D eigenvalue weighted by molar-refractivity contribution is -0.386. The summed E-state index contributed by atoms with van der Waals surface area (Å²) >= 11 is 0. The minimum Gasteiger partial charge on any atom is -0.500 e. The van der Waals surface area contributed by atoms with E-state index < -0.39 is 27.8 Å². The first-order chi connectivity index (χ1) is 12.9. The van der Waals surface area contributed by atoms with E-state index in [2.05, 4.69) is 0 Å². The Labute approximate surface area is 152 Å². The molecule has 3 aromatic rings. The molecule has 0 bridgehead atoms. The summed E-state index contributed by atoms with van der Waals surface area (Å²) < 4.78 is 10.0. The van der Waals surface area contributed by atoms with E-state index in [1.165, 1.54) is 25.3 Å². The average molecular weight is 367 g/mol. The van der Waals surface area contributed by atoms with Gasteiger partial charge in [-0.2, -0.15) is 0 Å². The Morgan fingerprint density at radius 3 is 2.70 bits per heavy atom. The highest BCUT2D eigenvalue weighted by Gasteiger charge is 2.19. The van der Waals surface area contributed by atoms with Gasteiger partial charge in [0.1, 0.15) is 11.1 Å². The number of carbonyl (C=O) groups excluding carboxylic acids is 1. The zero-order valence-electron chi connectivity index (χ0n) is 14.0. The van der Waals surface area contributed by atoms with E-state index in [0.717, 1.165) is 12.1 Å². The second-order valence-electron chi connectivity index (χ2n) is 5.53. The molecule has 0 aliphatic rings. The molecule has 0 spiro atoms. The van der Waals surface area contributed by atoms with Crippen LogP contribution in [0.15, 0.2) is 57.8 Å². The Bertz CT molecular complexity index is 1140. The van der Waals surface area contributed by atoms with Crippen LogP contribution < -0.4 is 10.4 Å². The van der Waals surface area contributed by atoms with Gasteiger partial charge in [-0.3, -0.25) is 14.9 Å². The van der Waals surface area contributed by atoms with Crippen molar-refractivity contribution < 1.29 is 24.0 Å². The number of nitrogens with zero attached hydrogens (tertiary/aromatic N) is 1. The van der Waals surface area contributed by atoms with E-state index in [-0.39, 0.29) is 16.9 Å². The van der Waals surface area contributed by atoms with Crippen molar-refractivity contribution in [2.24, 2.45) is 0 Å². The number of nitro benzene ring substituents is 1. The molecule has 2 aromatic carbocycles. The molecular formula is C19H13NO7. The summed E-state index contributed by atoms with van der Waals surface area (Å²) in [6.07, 6.45) is 2.38. The minimum atomic E-state index is -0.780. The van der Waals surface area contributed by atoms with Crippen LogP contribution in [0.3, 0.4) is 0 Å². The van der Waals surface area contributed by atoms with Gasteiger partial charge < -0.3 is 14.3 Å². The number of nitro groups is 1. The fourth-order valence-electron chi connectivity index (χ4n) is 2.50. The fraction of sp³-hybridized carbons (Fsp3) is 0.0526. The molecule has 0 aliphatic carbocycles. The van der Waals surface area contributed by atoms with Gasteiger partial charge in [-0.05, 0) is 29.8 Å². The number of rotatable bonds is 5. The van der Waals surface area contributed by atoms with Crippen LogP contribution in [0.2, 0.25) is 0 Å². The first kappa shape index (κ1) is 17.9. The molecule has 27 heavy (non-hydrogen) atoms. The standard InChI is InChI=1S/C19H13NO7/c1-26-17-9-11(8-14(18(17)22)20(24)25)6-7-15(21)13-10-12-4-2-3-5-16(12)27-19(13)23/h2-10,22H,1H3/b7-6+. The number of hydrogen-bond acceptors (Lipinski definition) is 7. The van der Waals surface area contributed by atoms with Crippen LogP contribution in [0.4, 0.5) is 5.69 Å². The number of ether oxygens (including phenoxy) is 1. The molecule has 8 heteroatoms. The van der Waals surface area contributed by atoms with E-state index in [1.807, 2.05) is 0 Å². The molecule has 136 valence electrons. The number of methoxy groups -OCH3 is 1. The predicted molar refractivity (Wildman–Crippen MR) is 97.2 cm³/mol. The number of phenolic OH excluding ortho intramolecular Hbond substituents is 1. The largest absolute Gasteiger partial charge is 0.500 e. The van der Waals surface area contributed by atoms with Crippen LogP contribution in [-0.4, -0.2) is 22.9 Å². The first-order valence-corrected chi connectivity index (χ1v) is 7.71. The summed E-state index contributed by atoms with van der Waals surface area (Å²) in [6.45, 7) is 0. The Morgan fingerprint density at radius 2 is 2.00 bits per heavy atom. The lowest BCUT2D eigenvalue weighted by atomic mass is 10.1. The number of para-hydroxylation sites is 1. The van der Waals surface area contributed by atoms with Gasteiger partial charge in [0.15, 0.2) is 11.5 Å². The zero-order chi connectivity index (χ0) is 19.6. The van der Waals surface area contributed by atoms with Crippen molar-refractivity contribution in [1.82, 2.24) is 0 Å². The van der Waals surface area contributed by atoms with Gasteiger partial charge in [-0.15, -0.1) is 0 Å². The number of hydrogen-bond donors (Lipinski definition) is 1. The van der Waals surface area contributed by atoms with Crippen molar-refractivity contribution in [3.05, 3.63) is 80.2 Å². The molecule has 0 atom stereocenters. The van der Waals surface area contributed by atoms with Crippen molar-refractivity contribution in [1.29, 1.82) is 0 Å². The van der Waals surface area contributed by atoms with Gasteiger partial charge in [0, 0.05) is 11.5 Å². The van der Waals surface area contributed by atoms with Crippen molar-refractivity contribution in [3.63, 3.8) is 0 Å². The smallest absolute Gasteiger partial charge is 0.347 e. The lowest BCUT2D eigenvalue weighted by Gasteiger charge is -2.05. The van der Waals surface area contributed by atoms with Gasteiger partial charge in [0.2, 0.25) is 5.75 Å².